The number of nitrogens with one attached hydrogen (secondary N) is 1. The quantitative estimate of drug-likeness (QED) is 0.485. The minimum atomic E-state index is -0.961. The highest BCUT2D eigenvalue weighted by atomic mass is 16.6. The third kappa shape index (κ3) is 7.00. The average molecular weight is 571 g/mol. The molecule has 2 heterocycles. The number of rotatable bonds is 7. The number of alkyl carbamates (subject to hydrolysis) is 1. The average Bonchev–Trinajstić information content (AvgIpc) is 3.64. The van der Waals surface area contributed by atoms with E-state index in [1.807, 2.05) is 39.8 Å². The van der Waals surface area contributed by atoms with Crippen molar-refractivity contribution in [1.82, 2.24) is 20.2 Å². The van der Waals surface area contributed by atoms with Crippen LogP contribution in [-0.2, 0) is 19.1 Å². The van der Waals surface area contributed by atoms with Gasteiger partial charge in [-0.2, -0.15) is 4.98 Å². The smallest absolute Gasteiger partial charge is 0.408 e. The molecule has 2 fully saturated rings. The molecular formula is C30H42N4O7. The number of aromatic nitrogens is 2. The van der Waals surface area contributed by atoms with Crippen LogP contribution in [0, 0.1) is 12.3 Å². The SMILES string of the molecule is COC(=O)C1C[C@@H](Oc2nc(C3CC3)nc3cc(C)c(OC)cc23)CN1C(=O)C(NC(=O)OC(C)(C)C)C(C)(C)C. The lowest BCUT2D eigenvalue weighted by Crippen LogP contribution is -2.57. The second-order valence-corrected chi connectivity index (χ2v) is 13.0. The van der Waals surface area contributed by atoms with Gasteiger partial charge in [0.05, 0.1) is 31.7 Å². The van der Waals surface area contributed by atoms with E-state index < -0.39 is 47.2 Å². The monoisotopic (exact) mass is 570 g/mol. The number of methoxy groups -OCH3 is 2. The standard InChI is InChI=1S/C30H42N4O7/c1-16-12-20-19(14-22(16)38-8)25(33-24(31-20)17-10-11-17)40-18-13-21(27(36)39-9)34(15-18)26(35)23(29(2,3)4)32-28(37)41-30(5,6)7/h12,14,17-18,21,23H,10-11,13,15H2,1-9H3,(H,32,37)/t18-,21?,23?/m1/s1. The zero-order chi connectivity index (χ0) is 30.3. The zero-order valence-electron chi connectivity index (χ0n) is 25.5. The van der Waals surface area contributed by atoms with Crippen LogP contribution in [0.3, 0.4) is 0 Å². The van der Waals surface area contributed by atoms with Crippen molar-refractivity contribution >= 4 is 28.9 Å². The maximum Gasteiger partial charge on any atom is 0.408 e. The summed E-state index contributed by atoms with van der Waals surface area (Å²) in [7, 11) is 2.89. The third-order valence-corrected chi connectivity index (χ3v) is 7.21. The lowest BCUT2D eigenvalue weighted by atomic mass is 9.85. The van der Waals surface area contributed by atoms with Crippen LogP contribution in [0.5, 0.6) is 11.6 Å². The van der Waals surface area contributed by atoms with Crippen LogP contribution in [0.15, 0.2) is 12.1 Å². The Morgan fingerprint density at radius 1 is 1.05 bits per heavy atom. The van der Waals surface area contributed by atoms with Gasteiger partial charge >= 0.3 is 12.1 Å². The number of carbonyl (C=O) groups excluding carboxylic acids is 3. The van der Waals surface area contributed by atoms with Gasteiger partial charge in [0.25, 0.3) is 0 Å². The van der Waals surface area contributed by atoms with Gasteiger partial charge in [-0.3, -0.25) is 4.79 Å². The lowest BCUT2D eigenvalue weighted by Gasteiger charge is -2.35. The second kappa shape index (κ2) is 11.3. The molecule has 11 heteroatoms. The first kappa shape index (κ1) is 30.3. The molecule has 1 aromatic heterocycles. The van der Waals surface area contributed by atoms with E-state index in [1.165, 1.54) is 12.0 Å². The van der Waals surface area contributed by atoms with E-state index in [9.17, 15) is 14.4 Å². The number of hydrogen-bond acceptors (Lipinski definition) is 9. The summed E-state index contributed by atoms with van der Waals surface area (Å²) in [6.45, 7) is 12.8. The Balaban J connectivity index is 1.64. The summed E-state index contributed by atoms with van der Waals surface area (Å²) in [5.41, 5.74) is 0.280. The topological polar surface area (TPSA) is 129 Å². The molecule has 0 bridgehead atoms. The van der Waals surface area contributed by atoms with Gasteiger partial charge in [0.2, 0.25) is 11.8 Å². The van der Waals surface area contributed by atoms with Crippen molar-refractivity contribution in [1.29, 1.82) is 0 Å². The van der Waals surface area contributed by atoms with E-state index in [1.54, 1.807) is 27.9 Å². The first-order valence-electron chi connectivity index (χ1n) is 14.0. The van der Waals surface area contributed by atoms with Gasteiger partial charge < -0.3 is 29.2 Å². The Morgan fingerprint density at radius 2 is 1.73 bits per heavy atom. The van der Waals surface area contributed by atoms with Gasteiger partial charge in [0.1, 0.15) is 35.4 Å². The van der Waals surface area contributed by atoms with E-state index >= 15 is 0 Å². The molecule has 1 aliphatic heterocycles. The number of aryl methyl sites for hydroxylation is 1. The van der Waals surface area contributed by atoms with E-state index in [4.69, 9.17) is 28.9 Å². The molecule has 1 saturated heterocycles. The first-order chi connectivity index (χ1) is 19.1. The maximum atomic E-state index is 14.0. The van der Waals surface area contributed by atoms with Crippen molar-refractivity contribution in [3.05, 3.63) is 23.5 Å². The first-order valence-corrected chi connectivity index (χ1v) is 14.0. The van der Waals surface area contributed by atoms with Gasteiger partial charge in [-0.15, -0.1) is 0 Å². The van der Waals surface area contributed by atoms with Crippen molar-refractivity contribution in [3.8, 4) is 11.6 Å². The fourth-order valence-corrected chi connectivity index (χ4v) is 4.97. The number of amides is 2. The Bertz CT molecular complexity index is 1330. The highest BCUT2D eigenvalue weighted by molar-refractivity contribution is 5.91. The second-order valence-electron chi connectivity index (χ2n) is 13.0. The molecule has 3 atom stereocenters. The molecule has 1 N–H and O–H groups in total. The van der Waals surface area contributed by atoms with Crippen LogP contribution in [0.25, 0.3) is 10.9 Å². The predicted molar refractivity (Wildman–Crippen MR) is 152 cm³/mol. The van der Waals surface area contributed by atoms with Gasteiger partial charge in [0, 0.05) is 12.3 Å². The number of esters is 1. The van der Waals surface area contributed by atoms with E-state index in [-0.39, 0.29) is 13.0 Å². The van der Waals surface area contributed by atoms with Crippen molar-refractivity contribution in [2.24, 2.45) is 5.41 Å². The van der Waals surface area contributed by atoms with Crippen LogP contribution in [0.2, 0.25) is 0 Å². The van der Waals surface area contributed by atoms with Crippen LogP contribution in [-0.4, -0.2) is 77.4 Å². The molecule has 2 unspecified atom stereocenters. The number of hydrogen-bond donors (Lipinski definition) is 1. The maximum absolute atomic E-state index is 14.0. The molecule has 41 heavy (non-hydrogen) atoms. The number of likely N-dealkylation sites (tertiary alicyclic amines) is 1. The Kier molecular flexibility index (Phi) is 8.38. The van der Waals surface area contributed by atoms with Crippen molar-refractivity contribution < 1.29 is 33.3 Å². The Labute approximate surface area is 241 Å². The van der Waals surface area contributed by atoms with E-state index in [0.29, 0.717) is 22.9 Å². The largest absolute Gasteiger partial charge is 0.496 e. The molecule has 1 aliphatic carbocycles. The minimum absolute atomic E-state index is 0.106. The number of fused-ring (bicyclic) bond motifs is 1. The molecule has 224 valence electrons. The molecular weight excluding hydrogens is 528 g/mol. The highest BCUT2D eigenvalue weighted by Gasteiger charge is 2.47. The highest BCUT2D eigenvalue weighted by Crippen LogP contribution is 2.41. The Hall–Kier alpha value is -3.63. The van der Waals surface area contributed by atoms with Crippen molar-refractivity contribution in [2.45, 2.75) is 97.4 Å². The van der Waals surface area contributed by atoms with Crippen LogP contribution in [0.1, 0.15) is 78.1 Å². The Morgan fingerprint density at radius 3 is 2.29 bits per heavy atom. The predicted octanol–water partition coefficient (Wildman–Crippen LogP) is 4.28. The molecule has 2 aromatic rings. The molecule has 2 aliphatic rings. The summed E-state index contributed by atoms with van der Waals surface area (Å²) in [6.07, 6.45) is 0.985. The molecule has 0 spiro atoms. The van der Waals surface area contributed by atoms with Crippen molar-refractivity contribution in [3.63, 3.8) is 0 Å². The van der Waals surface area contributed by atoms with E-state index in [2.05, 4.69) is 5.32 Å². The summed E-state index contributed by atoms with van der Waals surface area (Å²) in [6, 6.07) is 1.95. The number of benzene rings is 1. The minimum Gasteiger partial charge on any atom is -0.496 e. The van der Waals surface area contributed by atoms with Gasteiger partial charge in [-0.1, -0.05) is 20.8 Å². The van der Waals surface area contributed by atoms with E-state index in [0.717, 1.165) is 29.7 Å². The summed E-state index contributed by atoms with van der Waals surface area (Å²) in [5.74, 6) is 1.10. The fourth-order valence-electron chi connectivity index (χ4n) is 4.97. The molecule has 4 rings (SSSR count). The lowest BCUT2D eigenvalue weighted by molar-refractivity contribution is -0.152. The molecule has 1 saturated carbocycles. The summed E-state index contributed by atoms with van der Waals surface area (Å²) in [5, 5.41) is 3.41. The molecule has 11 nitrogen and oxygen atoms in total. The van der Waals surface area contributed by atoms with Crippen LogP contribution < -0.4 is 14.8 Å². The third-order valence-electron chi connectivity index (χ3n) is 7.21. The van der Waals surface area contributed by atoms with Gasteiger partial charge in [0.15, 0.2) is 0 Å². The van der Waals surface area contributed by atoms with Gasteiger partial charge in [-0.05, 0) is 63.6 Å². The summed E-state index contributed by atoms with van der Waals surface area (Å²) in [4.78, 5) is 50.4. The zero-order valence-corrected chi connectivity index (χ0v) is 25.5. The normalized spacial score (nSPS) is 20.0. The summed E-state index contributed by atoms with van der Waals surface area (Å²) < 4.78 is 22.4. The molecule has 2 amide bonds. The van der Waals surface area contributed by atoms with Crippen LogP contribution >= 0.6 is 0 Å². The molecule has 1 aromatic carbocycles. The number of ether oxygens (including phenoxy) is 4. The summed E-state index contributed by atoms with van der Waals surface area (Å²) >= 11 is 0. The fraction of sp³-hybridized carbons (Fsp3) is 0.633. The van der Waals surface area contributed by atoms with Crippen LogP contribution in [0.4, 0.5) is 4.79 Å². The molecule has 0 radical (unpaired) electrons. The number of nitrogens with zero attached hydrogens (tertiary/aromatic N) is 3. The van der Waals surface area contributed by atoms with Crippen molar-refractivity contribution in [2.75, 3.05) is 20.8 Å². The number of carbonyl (C=O) groups is 3. The van der Waals surface area contributed by atoms with Gasteiger partial charge in [-0.25, -0.2) is 14.6 Å².